The van der Waals surface area contributed by atoms with Crippen LogP contribution >= 0.6 is 0 Å². The van der Waals surface area contributed by atoms with Crippen LogP contribution in [0.1, 0.15) is 6.42 Å². The van der Waals surface area contributed by atoms with Crippen LogP contribution in [0.15, 0.2) is 0 Å². The first kappa shape index (κ1) is 11.8. The lowest BCUT2D eigenvalue weighted by Crippen LogP contribution is -2.40. The lowest BCUT2D eigenvalue weighted by Gasteiger charge is -2.15. The van der Waals surface area contributed by atoms with Crippen LogP contribution < -0.4 is 5.73 Å². The van der Waals surface area contributed by atoms with Crippen molar-refractivity contribution in [2.24, 2.45) is 5.73 Å². The predicted octanol–water partition coefficient (Wildman–Crippen LogP) is -2.06. The van der Waals surface area contributed by atoms with Gasteiger partial charge in [0.1, 0.15) is 5.75 Å². The molecule has 0 heterocycles. The van der Waals surface area contributed by atoms with Crippen LogP contribution in [0.5, 0.6) is 0 Å². The molecular formula is C5H13NO5S. The Balaban J connectivity index is 3.95. The second-order valence-corrected chi connectivity index (χ2v) is 3.99. The van der Waals surface area contributed by atoms with E-state index in [0.29, 0.717) is 0 Å². The molecule has 2 unspecified atom stereocenters. The third-order valence-electron chi connectivity index (χ3n) is 1.34. The molecular weight excluding hydrogens is 186 g/mol. The molecule has 74 valence electrons. The highest BCUT2D eigenvalue weighted by Gasteiger charge is 2.20. The topological polar surface area (TPSA) is 121 Å². The maximum atomic E-state index is 10.2. The minimum atomic E-state index is -4.20. The van der Waals surface area contributed by atoms with E-state index in [4.69, 9.17) is 20.5 Å². The summed E-state index contributed by atoms with van der Waals surface area (Å²) in [4.78, 5) is 0. The summed E-state index contributed by atoms with van der Waals surface area (Å²) in [6.07, 6.45) is -1.25. The molecule has 0 aromatic rings. The zero-order valence-electron chi connectivity index (χ0n) is 6.42. The third kappa shape index (κ3) is 5.44. The first-order valence-electron chi connectivity index (χ1n) is 3.36. The Morgan fingerprint density at radius 3 is 2.25 bits per heavy atom. The van der Waals surface area contributed by atoms with Crippen LogP contribution in [0.4, 0.5) is 0 Å². The zero-order valence-corrected chi connectivity index (χ0v) is 7.24. The average Bonchev–Trinajstić information content (AvgIpc) is 1.84. The summed E-state index contributed by atoms with van der Waals surface area (Å²) >= 11 is 0. The lowest BCUT2D eigenvalue weighted by molar-refractivity contribution is 0.145. The van der Waals surface area contributed by atoms with Crippen LogP contribution in [-0.2, 0) is 10.1 Å². The van der Waals surface area contributed by atoms with Crippen molar-refractivity contribution in [1.82, 2.24) is 0 Å². The smallest absolute Gasteiger partial charge is 0.267 e. The van der Waals surface area contributed by atoms with E-state index in [0.717, 1.165) is 0 Å². The minimum absolute atomic E-state index is 0.0939. The molecule has 0 aromatic carbocycles. The van der Waals surface area contributed by atoms with Crippen LogP contribution in [-0.4, -0.2) is 47.7 Å². The van der Waals surface area contributed by atoms with E-state index in [-0.39, 0.29) is 13.0 Å². The molecule has 0 spiro atoms. The van der Waals surface area contributed by atoms with E-state index in [1.807, 2.05) is 0 Å². The molecule has 12 heavy (non-hydrogen) atoms. The standard InChI is InChI=1S/C5H13NO5S/c6-4(1-2-7)5(8)3-12(9,10)11/h4-5,7-8H,1-3,6H2,(H,9,10,11). The summed E-state index contributed by atoms with van der Waals surface area (Å²) < 4.78 is 28.8. The summed E-state index contributed by atoms with van der Waals surface area (Å²) in [6, 6.07) is -0.836. The molecule has 0 radical (unpaired) electrons. The molecule has 0 aliphatic heterocycles. The van der Waals surface area contributed by atoms with Crippen LogP contribution in [0.2, 0.25) is 0 Å². The van der Waals surface area contributed by atoms with Gasteiger partial charge in [0, 0.05) is 12.6 Å². The molecule has 0 fully saturated rings. The highest BCUT2D eigenvalue weighted by atomic mass is 32.2. The molecule has 2 atom stereocenters. The van der Waals surface area contributed by atoms with Gasteiger partial charge in [0.2, 0.25) is 0 Å². The van der Waals surface area contributed by atoms with E-state index >= 15 is 0 Å². The molecule has 6 nitrogen and oxygen atoms in total. The van der Waals surface area contributed by atoms with Gasteiger partial charge in [-0.25, -0.2) is 0 Å². The highest BCUT2D eigenvalue weighted by molar-refractivity contribution is 7.85. The fourth-order valence-corrected chi connectivity index (χ4v) is 1.36. The molecule has 0 bridgehead atoms. The summed E-state index contributed by atoms with van der Waals surface area (Å²) in [5.74, 6) is -0.797. The second kappa shape index (κ2) is 4.73. The number of aliphatic hydroxyl groups excluding tert-OH is 2. The molecule has 0 aromatic heterocycles. The molecule has 0 aliphatic carbocycles. The number of nitrogens with two attached hydrogens (primary N) is 1. The first-order valence-corrected chi connectivity index (χ1v) is 4.97. The van der Waals surface area contributed by atoms with Gasteiger partial charge in [-0.05, 0) is 6.42 Å². The van der Waals surface area contributed by atoms with Crippen molar-refractivity contribution in [1.29, 1.82) is 0 Å². The Bertz CT molecular complexity index is 214. The van der Waals surface area contributed by atoms with Gasteiger partial charge >= 0.3 is 0 Å². The molecule has 7 heteroatoms. The highest BCUT2D eigenvalue weighted by Crippen LogP contribution is 1.98. The predicted molar refractivity (Wildman–Crippen MR) is 42.1 cm³/mol. The summed E-state index contributed by atoms with van der Waals surface area (Å²) in [6.45, 7) is -0.232. The van der Waals surface area contributed by atoms with Gasteiger partial charge in [-0.15, -0.1) is 0 Å². The number of hydrogen-bond donors (Lipinski definition) is 4. The number of aliphatic hydroxyl groups is 2. The summed E-state index contributed by atoms with van der Waals surface area (Å²) in [5.41, 5.74) is 5.25. The van der Waals surface area contributed by atoms with E-state index in [9.17, 15) is 8.42 Å². The maximum Gasteiger partial charge on any atom is 0.267 e. The fraction of sp³-hybridized carbons (Fsp3) is 1.00. The SMILES string of the molecule is NC(CCO)C(O)CS(=O)(=O)O. The summed E-state index contributed by atoms with van der Waals surface area (Å²) in [5, 5.41) is 17.4. The normalized spacial score (nSPS) is 17.3. The van der Waals surface area contributed by atoms with Gasteiger partial charge in [0.05, 0.1) is 6.10 Å². The Morgan fingerprint density at radius 2 is 1.92 bits per heavy atom. The van der Waals surface area contributed by atoms with Gasteiger partial charge in [-0.2, -0.15) is 8.42 Å². The van der Waals surface area contributed by atoms with Crippen molar-refractivity contribution < 1.29 is 23.2 Å². The minimum Gasteiger partial charge on any atom is -0.396 e. The Hall–Kier alpha value is -0.210. The molecule has 0 aliphatic rings. The Labute approximate surface area is 70.8 Å². The van der Waals surface area contributed by atoms with Crippen molar-refractivity contribution >= 4 is 10.1 Å². The van der Waals surface area contributed by atoms with E-state index in [1.54, 1.807) is 0 Å². The van der Waals surface area contributed by atoms with Crippen molar-refractivity contribution in [3.63, 3.8) is 0 Å². The van der Waals surface area contributed by atoms with E-state index < -0.39 is 28.0 Å². The van der Waals surface area contributed by atoms with Crippen molar-refractivity contribution in [3.05, 3.63) is 0 Å². The van der Waals surface area contributed by atoms with Gasteiger partial charge < -0.3 is 15.9 Å². The average molecular weight is 199 g/mol. The zero-order chi connectivity index (χ0) is 9.78. The van der Waals surface area contributed by atoms with Crippen molar-refractivity contribution in [2.45, 2.75) is 18.6 Å². The van der Waals surface area contributed by atoms with Crippen LogP contribution in [0.25, 0.3) is 0 Å². The maximum absolute atomic E-state index is 10.2. The number of rotatable bonds is 5. The molecule has 0 saturated heterocycles. The monoisotopic (exact) mass is 199 g/mol. The number of hydrogen-bond acceptors (Lipinski definition) is 5. The quantitative estimate of drug-likeness (QED) is 0.378. The molecule has 0 rings (SSSR count). The van der Waals surface area contributed by atoms with E-state index in [1.165, 1.54) is 0 Å². The van der Waals surface area contributed by atoms with Crippen LogP contribution in [0, 0.1) is 0 Å². The van der Waals surface area contributed by atoms with Crippen LogP contribution in [0.3, 0.4) is 0 Å². The lowest BCUT2D eigenvalue weighted by atomic mass is 10.1. The largest absolute Gasteiger partial charge is 0.396 e. The third-order valence-corrected chi connectivity index (χ3v) is 2.10. The van der Waals surface area contributed by atoms with Crippen molar-refractivity contribution in [3.8, 4) is 0 Å². The second-order valence-electron chi connectivity index (χ2n) is 2.49. The molecule has 0 saturated carbocycles. The Morgan fingerprint density at radius 1 is 1.42 bits per heavy atom. The first-order chi connectivity index (χ1) is 5.37. The Kier molecular flexibility index (Phi) is 4.64. The van der Waals surface area contributed by atoms with Gasteiger partial charge in [0.15, 0.2) is 0 Å². The fourth-order valence-electron chi connectivity index (χ4n) is 0.681. The van der Waals surface area contributed by atoms with Gasteiger partial charge in [0.25, 0.3) is 10.1 Å². The summed E-state index contributed by atoms with van der Waals surface area (Å²) in [7, 11) is -4.20. The molecule has 0 amide bonds. The molecule has 5 N–H and O–H groups in total. The van der Waals surface area contributed by atoms with Gasteiger partial charge in [-0.3, -0.25) is 4.55 Å². The van der Waals surface area contributed by atoms with Crippen molar-refractivity contribution in [2.75, 3.05) is 12.4 Å². The van der Waals surface area contributed by atoms with E-state index in [2.05, 4.69) is 0 Å². The van der Waals surface area contributed by atoms with Gasteiger partial charge in [-0.1, -0.05) is 0 Å².